The SMILES string of the molecule is COc1ccc(Cn2c(SCC(C)=O)nc3ccccc3c2=O)cc1OC. The second-order valence-corrected chi connectivity index (χ2v) is 6.93. The van der Waals surface area contributed by atoms with Gasteiger partial charge in [-0.15, -0.1) is 0 Å². The number of rotatable bonds is 7. The smallest absolute Gasteiger partial charge is 0.262 e. The van der Waals surface area contributed by atoms with Crippen LogP contribution in [-0.2, 0) is 11.3 Å². The quantitative estimate of drug-likeness (QED) is 0.460. The molecule has 0 aliphatic rings. The molecular formula is C20H20N2O4S. The summed E-state index contributed by atoms with van der Waals surface area (Å²) < 4.78 is 12.2. The van der Waals surface area contributed by atoms with Crippen molar-refractivity contribution >= 4 is 28.4 Å². The number of Topliss-reactive ketones (excluding diaryl/α,β-unsaturated/α-hetero) is 1. The van der Waals surface area contributed by atoms with Crippen molar-refractivity contribution in [3.63, 3.8) is 0 Å². The van der Waals surface area contributed by atoms with Crippen molar-refractivity contribution < 1.29 is 14.3 Å². The van der Waals surface area contributed by atoms with Crippen molar-refractivity contribution in [2.24, 2.45) is 0 Å². The van der Waals surface area contributed by atoms with E-state index in [1.54, 1.807) is 37.0 Å². The summed E-state index contributed by atoms with van der Waals surface area (Å²) in [6, 6.07) is 12.7. The molecule has 6 nitrogen and oxygen atoms in total. The standard InChI is InChI=1S/C20H20N2O4S/c1-13(23)12-27-20-21-16-7-5-4-6-15(16)19(24)22(20)11-14-8-9-17(25-2)18(10-14)26-3/h4-10H,11-12H2,1-3H3. The summed E-state index contributed by atoms with van der Waals surface area (Å²) in [5.41, 5.74) is 1.36. The van der Waals surface area contributed by atoms with Gasteiger partial charge in [0, 0.05) is 0 Å². The summed E-state index contributed by atoms with van der Waals surface area (Å²) in [6.07, 6.45) is 0. The fraction of sp³-hybridized carbons (Fsp3) is 0.250. The number of benzene rings is 2. The topological polar surface area (TPSA) is 70.4 Å². The average Bonchev–Trinajstić information content (AvgIpc) is 2.68. The third kappa shape index (κ3) is 4.14. The van der Waals surface area contributed by atoms with Crippen LogP contribution in [0.3, 0.4) is 0 Å². The van der Waals surface area contributed by atoms with Crippen LogP contribution in [0, 0.1) is 0 Å². The Hall–Kier alpha value is -2.80. The second kappa shape index (κ2) is 8.26. The molecule has 0 bridgehead atoms. The van der Waals surface area contributed by atoms with E-state index in [1.165, 1.54) is 18.7 Å². The number of fused-ring (bicyclic) bond motifs is 1. The van der Waals surface area contributed by atoms with E-state index < -0.39 is 0 Å². The number of para-hydroxylation sites is 1. The highest BCUT2D eigenvalue weighted by Gasteiger charge is 2.14. The molecule has 2 aromatic carbocycles. The van der Waals surface area contributed by atoms with Gasteiger partial charge in [-0.1, -0.05) is 30.0 Å². The minimum atomic E-state index is -0.138. The number of methoxy groups -OCH3 is 2. The normalized spacial score (nSPS) is 10.8. The van der Waals surface area contributed by atoms with Gasteiger partial charge in [-0.25, -0.2) is 4.98 Å². The fourth-order valence-electron chi connectivity index (χ4n) is 2.73. The first-order valence-electron chi connectivity index (χ1n) is 8.36. The van der Waals surface area contributed by atoms with E-state index in [-0.39, 0.29) is 17.1 Å². The van der Waals surface area contributed by atoms with Crippen molar-refractivity contribution in [2.45, 2.75) is 18.6 Å². The monoisotopic (exact) mass is 384 g/mol. The molecule has 0 amide bonds. The Morgan fingerprint density at radius 2 is 1.85 bits per heavy atom. The Bertz CT molecular complexity index is 1050. The first kappa shape index (κ1) is 19.0. The molecule has 0 radical (unpaired) electrons. The molecule has 0 N–H and O–H groups in total. The van der Waals surface area contributed by atoms with Gasteiger partial charge in [0.15, 0.2) is 16.7 Å². The van der Waals surface area contributed by atoms with Crippen LogP contribution in [0.25, 0.3) is 10.9 Å². The van der Waals surface area contributed by atoms with E-state index >= 15 is 0 Å². The molecule has 0 fully saturated rings. The second-order valence-electron chi connectivity index (χ2n) is 5.98. The molecule has 0 saturated heterocycles. The molecule has 0 aliphatic heterocycles. The number of aromatic nitrogens is 2. The van der Waals surface area contributed by atoms with Crippen LogP contribution in [0.4, 0.5) is 0 Å². The Morgan fingerprint density at radius 1 is 1.11 bits per heavy atom. The zero-order chi connectivity index (χ0) is 19.4. The number of ketones is 1. The lowest BCUT2D eigenvalue weighted by Gasteiger charge is -2.14. The third-order valence-electron chi connectivity index (χ3n) is 4.02. The molecular weight excluding hydrogens is 364 g/mol. The predicted molar refractivity (Wildman–Crippen MR) is 106 cm³/mol. The Labute approximate surface area is 161 Å². The van der Waals surface area contributed by atoms with Crippen molar-refractivity contribution in [2.75, 3.05) is 20.0 Å². The number of nitrogens with zero attached hydrogens (tertiary/aromatic N) is 2. The highest BCUT2D eigenvalue weighted by Crippen LogP contribution is 2.28. The number of carbonyl (C=O) groups excluding carboxylic acids is 1. The summed E-state index contributed by atoms with van der Waals surface area (Å²) in [4.78, 5) is 29.1. The van der Waals surface area contributed by atoms with Gasteiger partial charge in [0.2, 0.25) is 0 Å². The molecule has 0 atom stereocenters. The number of ether oxygens (including phenoxy) is 2. The lowest BCUT2D eigenvalue weighted by Crippen LogP contribution is -2.24. The molecule has 7 heteroatoms. The van der Waals surface area contributed by atoms with E-state index in [1.807, 2.05) is 24.3 Å². The molecule has 0 saturated carbocycles. The lowest BCUT2D eigenvalue weighted by molar-refractivity contribution is -0.114. The van der Waals surface area contributed by atoms with Crippen molar-refractivity contribution in [1.82, 2.24) is 9.55 Å². The Balaban J connectivity index is 2.08. The third-order valence-corrected chi connectivity index (χ3v) is 5.14. The zero-order valence-electron chi connectivity index (χ0n) is 15.4. The van der Waals surface area contributed by atoms with Crippen molar-refractivity contribution in [3.8, 4) is 11.5 Å². The molecule has 0 unspecified atom stereocenters. The number of hydrogen-bond donors (Lipinski definition) is 0. The number of thioether (sulfide) groups is 1. The van der Waals surface area contributed by atoms with E-state index in [0.717, 1.165) is 5.56 Å². The van der Waals surface area contributed by atoms with Crippen LogP contribution in [0.5, 0.6) is 11.5 Å². The molecule has 3 rings (SSSR count). The molecule has 0 spiro atoms. The van der Waals surface area contributed by atoms with E-state index in [2.05, 4.69) is 4.98 Å². The Kier molecular flexibility index (Phi) is 5.81. The van der Waals surface area contributed by atoms with Gasteiger partial charge in [0.1, 0.15) is 5.78 Å². The van der Waals surface area contributed by atoms with Crippen LogP contribution in [0.15, 0.2) is 52.4 Å². The van der Waals surface area contributed by atoms with Crippen LogP contribution < -0.4 is 15.0 Å². The first-order valence-corrected chi connectivity index (χ1v) is 9.34. The molecule has 3 aromatic rings. The maximum atomic E-state index is 13.0. The van der Waals surface area contributed by atoms with Gasteiger partial charge in [0.05, 0.1) is 37.4 Å². The fourth-order valence-corrected chi connectivity index (χ4v) is 3.52. The zero-order valence-corrected chi connectivity index (χ0v) is 16.2. The van der Waals surface area contributed by atoms with E-state index in [9.17, 15) is 9.59 Å². The maximum Gasteiger partial charge on any atom is 0.262 e. The molecule has 1 heterocycles. The predicted octanol–water partition coefficient (Wildman–Crippen LogP) is 3.14. The van der Waals surface area contributed by atoms with Gasteiger partial charge >= 0.3 is 0 Å². The van der Waals surface area contributed by atoms with Gasteiger partial charge in [-0.2, -0.15) is 0 Å². The molecule has 140 valence electrons. The maximum absolute atomic E-state index is 13.0. The number of carbonyl (C=O) groups is 1. The largest absolute Gasteiger partial charge is 0.493 e. The van der Waals surface area contributed by atoms with E-state index in [4.69, 9.17) is 9.47 Å². The van der Waals surface area contributed by atoms with Gasteiger partial charge < -0.3 is 9.47 Å². The van der Waals surface area contributed by atoms with E-state index in [0.29, 0.717) is 34.1 Å². The minimum Gasteiger partial charge on any atom is -0.493 e. The summed E-state index contributed by atoms with van der Waals surface area (Å²) in [7, 11) is 3.14. The van der Waals surface area contributed by atoms with Crippen LogP contribution >= 0.6 is 11.8 Å². The highest BCUT2D eigenvalue weighted by molar-refractivity contribution is 7.99. The van der Waals surface area contributed by atoms with Crippen molar-refractivity contribution in [3.05, 3.63) is 58.4 Å². The molecule has 0 aliphatic carbocycles. The lowest BCUT2D eigenvalue weighted by atomic mass is 10.2. The number of hydrogen-bond acceptors (Lipinski definition) is 6. The highest BCUT2D eigenvalue weighted by atomic mass is 32.2. The minimum absolute atomic E-state index is 0.0278. The Morgan fingerprint density at radius 3 is 2.56 bits per heavy atom. The molecule has 27 heavy (non-hydrogen) atoms. The average molecular weight is 384 g/mol. The summed E-state index contributed by atoms with van der Waals surface area (Å²) in [5.74, 6) is 1.50. The summed E-state index contributed by atoms with van der Waals surface area (Å²) in [6.45, 7) is 1.84. The van der Waals surface area contributed by atoms with Crippen LogP contribution in [0.1, 0.15) is 12.5 Å². The summed E-state index contributed by atoms with van der Waals surface area (Å²) >= 11 is 1.27. The van der Waals surface area contributed by atoms with Crippen LogP contribution in [0.2, 0.25) is 0 Å². The molecule has 1 aromatic heterocycles. The van der Waals surface area contributed by atoms with Gasteiger partial charge in [-0.3, -0.25) is 14.2 Å². The first-order chi connectivity index (χ1) is 13.0. The van der Waals surface area contributed by atoms with Crippen molar-refractivity contribution in [1.29, 1.82) is 0 Å². The summed E-state index contributed by atoms with van der Waals surface area (Å²) in [5, 5.41) is 1.06. The van der Waals surface area contributed by atoms with Crippen LogP contribution in [-0.4, -0.2) is 35.3 Å². The van der Waals surface area contributed by atoms with Gasteiger partial charge in [0.25, 0.3) is 5.56 Å². The van der Waals surface area contributed by atoms with Gasteiger partial charge in [-0.05, 0) is 36.8 Å².